The van der Waals surface area contributed by atoms with E-state index in [1.165, 1.54) is 0 Å². The van der Waals surface area contributed by atoms with Gasteiger partial charge in [-0.15, -0.1) is 0 Å². The highest BCUT2D eigenvalue weighted by atomic mass is 16.5. The molecule has 0 saturated carbocycles. The zero-order chi connectivity index (χ0) is 13.2. The van der Waals surface area contributed by atoms with Gasteiger partial charge in [0.05, 0.1) is 12.5 Å². The number of Topliss-reactive ketones (excluding diaryl/α,β-unsaturated/α-hetero) is 1. The Morgan fingerprint density at radius 1 is 1.28 bits per heavy atom. The molecule has 0 radical (unpaired) electrons. The van der Waals surface area contributed by atoms with Crippen LogP contribution in [-0.2, 0) is 16.1 Å². The van der Waals surface area contributed by atoms with Crippen LogP contribution in [0.3, 0.4) is 0 Å². The first-order valence-corrected chi connectivity index (χ1v) is 5.55. The normalized spacial score (nSPS) is 9.28. The minimum Gasteiger partial charge on any atom is -0.445 e. The Morgan fingerprint density at radius 3 is 2.67 bits per heavy atom. The van der Waals surface area contributed by atoms with E-state index in [1.54, 1.807) is 6.07 Å². The topological polar surface area (TPSA) is 79.2 Å². The lowest BCUT2D eigenvalue weighted by atomic mass is 10.2. The summed E-state index contributed by atoms with van der Waals surface area (Å²) in [5, 5.41) is 10.7. The van der Waals surface area contributed by atoms with Crippen LogP contribution in [0, 0.1) is 11.3 Å². The van der Waals surface area contributed by atoms with Crippen LogP contribution in [0.2, 0.25) is 0 Å². The molecule has 0 bridgehead atoms. The average Bonchev–Trinajstić information content (AvgIpc) is 2.38. The Morgan fingerprint density at radius 2 is 2.00 bits per heavy atom. The molecule has 0 unspecified atom stereocenters. The molecule has 1 aromatic carbocycles. The molecule has 0 saturated heterocycles. The maximum absolute atomic E-state index is 11.2. The number of benzene rings is 1. The molecule has 0 aliphatic rings. The molecule has 1 amide bonds. The molecule has 5 nitrogen and oxygen atoms in total. The largest absolute Gasteiger partial charge is 0.445 e. The summed E-state index contributed by atoms with van der Waals surface area (Å²) in [7, 11) is 0. The monoisotopic (exact) mass is 246 g/mol. The first-order valence-electron chi connectivity index (χ1n) is 5.55. The smallest absolute Gasteiger partial charge is 0.407 e. The quantitative estimate of drug-likeness (QED) is 0.829. The van der Waals surface area contributed by atoms with Crippen molar-refractivity contribution in [2.24, 2.45) is 0 Å². The summed E-state index contributed by atoms with van der Waals surface area (Å²) >= 11 is 0. The van der Waals surface area contributed by atoms with Gasteiger partial charge in [0.25, 0.3) is 0 Å². The third-order valence-electron chi connectivity index (χ3n) is 2.16. The fourth-order valence-corrected chi connectivity index (χ4v) is 1.25. The number of hydrogen-bond donors (Lipinski definition) is 1. The molecule has 94 valence electrons. The SMILES string of the molecule is N#CCC(=O)CCNC(=O)OCc1ccccc1. The van der Waals surface area contributed by atoms with E-state index in [4.69, 9.17) is 10.00 Å². The van der Waals surface area contributed by atoms with Gasteiger partial charge in [-0.25, -0.2) is 4.79 Å². The van der Waals surface area contributed by atoms with E-state index >= 15 is 0 Å². The summed E-state index contributed by atoms with van der Waals surface area (Å²) in [4.78, 5) is 22.2. The lowest BCUT2D eigenvalue weighted by Gasteiger charge is -2.06. The van der Waals surface area contributed by atoms with Crippen molar-refractivity contribution in [1.29, 1.82) is 5.26 Å². The van der Waals surface area contributed by atoms with Crippen molar-refractivity contribution in [3.05, 3.63) is 35.9 Å². The minimum absolute atomic E-state index is 0.124. The number of ether oxygens (including phenoxy) is 1. The van der Waals surface area contributed by atoms with Crippen molar-refractivity contribution in [3.8, 4) is 6.07 Å². The van der Waals surface area contributed by atoms with Crippen LogP contribution in [0.4, 0.5) is 4.79 Å². The van der Waals surface area contributed by atoms with Crippen LogP contribution in [0.5, 0.6) is 0 Å². The summed E-state index contributed by atoms with van der Waals surface area (Å²) in [6.07, 6.45) is -0.544. The molecule has 0 aliphatic carbocycles. The van der Waals surface area contributed by atoms with Gasteiger partial charge in [-0.05, 0) is 5.56 Å². The van der Waals surface area contributed by atoms with Crippen LogP contribution in [0.25, 0.3) is 0 Å². The molecule has 0 fully saturated rings. The number of carbonyl (C=O) groups is 2. The second-order valence-corrected chi connectivity index (χ2v) is 3.61. The number of hydrogen-bond acceptors (Lipinski definition) is 4. The Labute approximate surface area is 105 Å². The Bertz CT molecular complexity index is 437. The number of nitrogens with one attached hydrogen (secondary N) is 1. The summed E-state index contributed by atoms with van der Waals surface area (Å²) in [5.74, 6) is -0.194. The van der Waals surface area contributed by atoms with E-state index in [0.29, 0.717) is 0 Å². The Hall–Kier alpha value is -2.35. The predicted molar refractivity (Wildman–Crippen MR) is 64.5 cm³/mol. The zero-order valence-electron chi connectivity index (χ0n) is 9.89. The molecular weight excluding hydrogens is 232 g/mol. The number of rotatable bonds is 6. The van der Waals surface area contributed by atoms with E-state index < -0.39 is 6.09 Å². The molecule has 0 aliphatic heterocycles. The van der Waals surface area contributed by atoms with Crippen LogP contribution in [-0.4, -0.2) is 18.4 Å². The molecule has 5 heteroatoms. The van der Waals surface area contributed by atoms with E-state index in [1.807, 2.05) is 30.3 Å². The van der Waals surface area contributed by atoms with E-state index in [-0.39, 0.29) is 31.8 Å². The highest BCUT2D eigenvalue weighted by Crippen LogP contribution is 2.00. The van der Waals surface area contributed by atoms with Crippen molar-refractivity contribution in [2.75, 3.05) is 6.54 Å². The van der Waals surface area contributed by atoms with Crippen LogP contribution < -0.4 is 5.32 Å². The maximum atomic E-state index is 11.2. The maximum Gasteiger partial charge on any atom is 0.407 e. The summed E-state index contributed by atoms with van der Waals surface area (Å²) in [6.45, 7) is 0.382. The first-order chi connectivity index (χ1) is 8.72. The third kappa shape index (κ3) is 5.66. The Kier molecular flexibility index (Phi) is 5.98. The number of alkyl carbamates (subject to hydrolysis) is 1. The van der Waals surface area contributed by atoms with Crippen LogP contribution >= 0.6 is 0 Å². The first kappa shape index (κ1) is 13.7. The van der Waals surface area contributed by atoms with E-state index in [9.17, 15) is 9.59 Å². The van der Waals surface area contributed by atoms with Crippen molar-refractivity contribution >= 4 is 11.9 Å². The molecule has 1 rings (SSSR count). The fraction of sp³-hybridized carbons (Fsp3) is 0.308. The molecule has 0 heterocycles. The molecule has 1 N–H and O–H groups in total. The van der Waals surface area contributed by atoms with Gasteiger partial charge in [-0.3, -0.25) is 4.79 Å². The van der Waals surface area contributed by atoms with E-state index in [0.717, 1.165) is 5.56 Å². The second-order valence-electron chi connectivity index (χ2n) is 3.61. The number of nitriles is 1. The molecular formula is C13H14N2O3. The highest BCUT2D eigenvalue weighted by Gasteiger charge is 2.04. The number of carbonyl (C=O) groups excluding carboxylic acids is 2. The highest BCUT2D eigenvalue weighted by molar-refractivity contribution is 5.81. The number of nitrogens with zero attached hydrogens (tertiary/aromatic N) is 1. The Balaban J connectivity index is 2.15. The summed E-state index contributed by atoms with van der Waals surface area (Å²) in [6, 6.07) is 11.1. The van der Waals surface area contributed by atoms with Crippen molar-refractivity contribution < 1.29 is 14.3 Å². The number of ketones is 1. The van der Waals surface area contributed by atoms with Gasteiger partial charge in [0, 0.05) is 13.0 Å². The van der Waals surface area contributed by atoms with Gasteiger partial charge < -0.3 is 10.1 Å². The lowest BCUT2D eigenvalue weighted by Crippen LogP contribution is -2.26. The molecule has 0 spiro atoms. The van der Waals surface area contributed by atoms with Gasteiger partial charge in [-0.2, -0.15) is 5.26 Å². The van der Waals surface area contributed by atoms with Crippen molar-refractivity contribution in [2.45, 2.75) is 19.4 Å². The van der Waals surface area contributed by atoms with Crippen LogP contribution in [0.15, 0.2) is 30.3 Å². The predicted octanol–water partition coefficient (Wildman–Crippen LogP) is 1.79. The fourth-order valence-electron chi connectivity index (χ4n) is 1.25. The van der Waals surface area contributed by atoms with Gasteiger partial charge in [-0.1, -0.05) is 30.3 Å². The average molecular weight is 246 g/mol. The second kappa shape index (κ2) is 7.85. The van der Waals surface area contributed by atoms with Crippen molar-refractivity contribution in [3.63, 3.8) is 0 Å². The van der Waals surface area contributed by atoms with Crippen LogP contribution in [0.1, 0.15) is 18.4 Å². The molecule has 18 heavy (non-hydrogen) atoms. The molecule has 0 atom stereocenters. The van der Waals surface area contributed by atoms with Gasteiger partial charge in [0.1, 0.15) is 12.4 Å². The summed E-state index contributed by atoms with van der Waals surface area (Å²) in [5.41, 5.74) is 0.896. The summed E-state index contributed by atoms with van der Waals surface area (Å²) < 4.78 is 4.94. The van der Waals surface area contributed by atoms with Gasteiger partial charge in [0.15, 0.2) is 0 Å². The van der Waals surface area contributed by atoms with Crippen molar-refractivity contribution in [1.82, 2.24) is 5.32 Å². The van der Waals surface area contributed by atoms with Gasteiger partial charge >= 0.3 is 6.09 Å². The number of amides is 1. The van der Waals surface area contributed by atoms with Gasteiger partial charge in [0.2, 0.25) is 0 Å². The molecule has 0 aromatic heterocycles. The standard InChI is InChI=1S/C13H14N2O3/c14-8-6-12(16)7-9-15-13(17)18-10-11-4-2-1-3-5-11/h1-5H,6-7,9-10H2,(H,15,17). The third-order valence-corrected chi connectivity index (χ3v) is 2.16. The zero-order valence-corrected chi connectivity index (χ0v) is 9.89. The minimum atomic E-state index is -0.566. The lowest BCUT2D eigenvalue weighted by molar-refractivity contribution is -0.118. The van der Waals surface area contributed by atoms with E-state index in [2.05, 4.69) is 5.32 Å². The molecule has 1 aromatic rings.